The van der Waals surface area contributed by atoms with Crippen LogP contribution >= 0.6 is 12.6 Å². The Morgan fingerprint density at radius 3 is 2.72 bits per heavy atom. The smallest absolute Gasteiger partial charge is 0.123 e. The molecule has 1 atom stereocenters. The number of nitrogens with one attached hydrogen (secondary N) is 1. The minimum absolute atomic E-state index is 0. The Hall–Kier alpha value is -2.68. The predicted octanol–water partition coefficient (Wildman–Crippen LogP) is 4.99. The van der Waals surface area contributed by atoms with Crippen molar-refractivity contribution in [2.24, 2.45) is 5.73 Å². The number of aryl methyl sites for hydroxylation is 1. The van der Waals surface area contributed by atoms with Gasteiger partial charge in [-0.2, -0.15) is 0 Å². The first-order valence-corrected chi connectivity index (χ1v) is 9.90. The molecule has 0 fully saturated rings. The van der Waals surface area contributed by atoms with Crippen LogP contribution in [0.25, 0.3) is 22.2 Å². The fourth-order valence-electron chi connectivity index (χ4n) is 3.23. The van der Waals surface area contributed by atoms with Crippen molar-refractivity contribution in [2.45, 2.75) is 51.2 Å². The summed E-state index contributed by atoms with van der Waals surface area (Å²) in [5.74, 6) is 3.57. The number of unbranched alkanes of at least 4 members (excludes halogenated alkanes) is 1. The Balaban J connectivity index is 0.00000300. The molecule has 3 aromatic rings. The largest absolute Gasteiger partial charge is 0.400 e. The number of thiol groups is 1. The Morgan fingerprint density at radius 1 is 1.31 bits per heavy atom. The highest BCUT2D eigenvalue weighted by Crippen LogP contribution is 2.27. The Labute approximate surface area is 179 Å². The number of imidazole rings is 1. The number of benzene rings is 2. The summed E-state index contributed by atoms with van der Waals surface area (Å²) >= 11 is 4.46. The van der Waals surface area contributed by atoms with E-state index in [0.717, 1.165) is 52.3 Å². The Kier molecular flexibility index (Phi) is 7.95. The van der Waals surface area contributed by atoms with Crippen LogP contribution in [0.2, 0.25) is 0 Å². The van der Waals surface area contributed by atoms with Crippen molar-refractivity contribution in [3.8, 4) is 23.5 Å². The normalized spacial score (nSPS) is 11.6. The Morgan fingerprint density at radius 2 is 2.07 bits per heavy atom. The number of fused-ring (bicyclic) bond motifs is 1. The molecule has 1 unspecified atom stereocenters. The van der Waals surface area contributed by atoms with E-state index in [1.165, 1.54) is 0 Å². The third-order valence-corrected chi connectivity index (χ3v) is 5.02. The molecule has 1 heterocycles. The summed E-state index contributed by atoms with van der Waals surface area (Å²) in [7, 11) is 0. The number of hydrogen-bond acceptors (Lipinski definition) is 4. The molecule has 0 radical (unpaired) electrons. The van der Waals surface area contributed by atoms with Crippen LogP contribution in [0.1, 0.15) is 33.0 Å². The van der Waals surface area contributed by atoms with Crippen LogP contribution in [0.4, 0.5) is 0 Å². The number of terminal acetylenes is 1. The van der Waals surface area contributed by atoms with Gasteiger partial charge in [0.1, 0.15) is 11.9 Å². The lowest BCUT2D eigenvalue weighted by atomic mass is 10.1. The third kappa shape index (κ3) is 5.23. The topological polar surface area (TPSA) is 55.9 Å². The quantitative estimate of drug-likeness (QED) is 0.365. The van der Waals surface area contributed by atoms with E-state index >= 15 is 0 Å². The zero-order chi connectivity index (χ0) is 20.1. The lowest BCUT2D eigenvalue weighted by molar-refractivity contribution is 0.572. The van der Waals surface area contributed by atoms with E-state index in [1.807, 2.05) is 12.1 Å². The zero-order valence-electron chi connectivity index (χ0n) is 16.2. The number of aromatic nitrogens is 2. The van der Waals surface area contributed by atoms with Gasteiger partial charge in [0.15, 0.2) is 0 Å². The van der Waals surface area contributed by atoms with E-state index in [4.69, 9.17) is 17.1 Å². The molecule has 0 aliphatic carbocycles. The van der Waals surface area contributed by atoms with Gasteiger partial charge in [0.05, 0.1) is 17.6 Å². The van der Waals surface area contributed by atoms with E-state index in [0.29, 0.717) is 12.2 Å². The molecular formula is C24H30N4S. The fraction of sp³-hybridized carbons (Fsp3) is 0.292. The van der Waals surface area contributed by atoms with E-state index in [1.54, 1.807) is 0 Å². The SMILES string of the molecule is C.C#CC(NCc1nc2ccc(-c3cccc(S)c3)cc2n1CCCC)C(=C)N. The molecule has 0 spiro atoms. The Bertz CT molecular complexity index is 1030. The van der Waals surface area contributed by atoms with Crippen molar-refractivity contribution in [1.82, 2.24) is 14.9 Å². The number of nitrogens with zero attached hydrogens (tertiary/aromatic N) is 2. The van der Waals surface area contributed by atoms with Crippen LogP contribution in [0.15, 0.2) is 59.6 Å². The number of hydrogen-bond donors (Lipinski definition) is 3. The van der Waals surface area contributed by atoms with Gasteiger partial charge in [-0.15, -0.1) is 19.1 Å². The third-order valence-electron chi connectivity index (χ3n) is 4.74. The van der Waals surface area contributed by atoms with Gasteiger partial charge in [-0.3, -0.25) is 5.32 Å². The van der Waals surface area contributed by atoms with Crippen LogP contribution in [-0.4, -0.2) is 15.6 Å². The summed E-state index contributed by atoms with van der Waals surface area (Å²) in [6.07, 6.45) is 7.73. The second-order valence-corrected chi connectivity index (χ2v) is 7.36. The molecule has 152 valence electrons. The maximum absolute atomic E-state index is 5.77. The summed E-state index contributed by atoms with van der Waals surface area (Å²) in [5.41, 5.74) is 10.6. The first-order chi connectivity index (χ1) is 13.5. The summed E-state index contributed by atoms with van der Waals surface area (Å²) in [6, 6.07) is 14.2. The minimum atomic E-state index is -0.367. The summed E-state index contributed by atoms with van der Waals surface area (Å²) < 4.78 is 2.27. The number of nitrogens with two attached hydrogens (primary N) is 1. The lowest BCUT2D eigenvalue weighted by Gasteiger charge is -2.14. The highest BCUT2D eigenvalue weighted by atomic mass is 32.1. The van der Waals surface area contributed by atoms with Gasteiger partial charge in [-0.1, -0.05) is 51.5 Å². The summed E-state index contributed by atoms with van der Waals surface area (Å²) in [4.78, 5) is 5.78. The van der Waals surface area contributed by atoms with Crippen molar-refractivity contribution in [2.75, 3.05) is 0 Å². The highest BCUT2D eigenvalue weighted by Gasteiger charge is 2.14. The van der Waals surface area contributed by atoms with Gasteiger partial charge in [0.25, 0.3) is 0 Å². The second-order valence-electron chi connectivity index (χ2n) is 6.84. The van der Waals surface area contributed by atoms with E-state index in [2.05, 4.69) is 72.3 Å². The van der Waals surface area contributed by atoms with Crippen molar-refractivity contribution < 1.29 is 0 Å². The second kappa shape index (κ2) is 10.2. The highest BCUT2D eigenvalue weighted by molar-refractivity contribution is 7.80. The molecule has 29 heavy (non-hydrogen) atoms. The molecule has 3 rings (SSSR count). The molecule has 0 aliphatic rings. The van der Waals surface area contributed by atoms with E-state index in [-0.39, 0.29) is 13.5 Å². The molecule has 0 saturated heterocycles. The monoisotopic (exact) mass is 406 g/mol. The van der Waals surface area contributed by atoms with Gasteiger partial charge in [-0.05, 0) is 41.8 Å². The van der Waals surface area contributed by atoms with Gasteiger partial charge in [0, 0.05) is 17.1 Å². The van der Waals surface area contributed by atoms with Gasteiger partial charge < -0.3 is 10.3 Å². The van der Waals surface area contributed by atoms with Crippen molar-refractivity contribution in [1.29, 1.82) is 0 Å². The first-order valence-electron chi connectivity index (χ1n) is 9.45. The average Bonchev–Trinajstić information content (AvgIpc) is 3.03. The molecule has 0 bridgehead atoms. The summed E-state index contributed by atoms with van der Waals surface area (Å²) in [5, 5.41) is 3.26. The minimum Gasteiger partial charge on any atom is -0.400 e. The molecule has 0 amide bonds. The maximum atomic E-state index is 5.77. The van der Waals surface area contributed by atoms with E-state index in [9.17, 15) is 0 Å². The van der Waals surface area contributed by atoms with Gasteiger partial charge in [-0.25, -0.2) is 4.98 Å². The van der Waals surface area contributed by atoms with Crippen LogP contribution in [0.3, 0.4) is 0 Å². The maximum Gasteiger partial charge on any atom is 0.123 e. The van der Waals surface area contributed by atoms with E-state index < -0.39 is 0 Å². The molecule has 0 aliphatic heterocycles. The standard InChI is InChI=1S/C23H26N4S.CH4/c1-4-6-12-27-22-14-18(17-8-7-9-19(28)13-17)10-11-21(22)26-23(27)15-25-20(5-2)16(3)24;/h2,7-11,13-14,20,25,28H,3-4,6,12,15,24H2,1H3;1H4. The molecular weight excluding hydrogens is 376 g/mol. The summed E-state index contributed by atoms with van der Waals surface area (Å²) in [6.45, 7) is 7.37. The van der Waals surface area contributed by atoms with Gasteiger partial charge >= 0.3 is 0 Å². The van der Waals surface area contributed by atoms with Crippen LogP contribution in [0, 0.1) is 12.3 Å². The molecule has 3 N–H and O–H groups in total. The van der Waals surface area contributed by atoms with Crippen molar-refractivity contribution in [3.05, 3.63) is 60.6 Å². The van der Waals surface area contributed by atoms with Crippen molar-refractivity contribution in [3.63, 3.8) is 0 Å². The molecule has 1 aromatic heterocycles. The predicted molar refractivity (Wildman–Crippen MR) is 127 cm³/mol. The van der Waals surface area contributed by atoms with Gasteiger partial charge in [0.2, 0.25) is 0 Å². The van der Waals surface area contributed by atoms with Crippen LogP contribution in [-0.2, 0) is 13.1 Å². The van der Waals surface area contributed by atoms with Crippen LogP contribution in [0.5, 0.6) is 0 Å². The number of rotatable bonds is 8. The lowest BCUT2D eigenvalue weighted by Crippen LogP contribution is -2.32. The molecule has 2 aromatic carbocycles. The average molecular weight is 407 g/mol. The van der Waals surface area contributed by atoms with Crippen molar-refractivity contribution >= 4 is 23.7 Å². The van der Waals surface area contributed by atoms with Crippen LogP contribution < -0.4 is 11.1 Å². The zero-order valence-corrected chi connectivity index (χ0v) is 17.0. The first kappa shape index (κ1) is 22.6. The fourth-order valence-corrected chi connectivity index (χ4v) is 3.45. The molecule has 0 saturated carbocycles. The molecule has 4 nitrogen and oxygen atoms in total. The molecule has 5 heteroatoms.